The first kappa shape index (κ1) is 19.5. The number of phenolic OH excluding ortho intramolecular Hbond substituents is 1. The number of halogens is 1. The van der Waals surface area contributed by atoms with Crippen molar-refractivity contribution in [1.29, 1.82) is 0 Å². The number of benzene rings is 2. The summed E-state index contributed by atoms with van der Waals surface area (Å²) in [5, 5.41) is 18.7. The summed E-state index contributed by atoms with van der Waals surface area (Å²) in [6.45, 7) is 6.60. The van der Waals surface area contributed by atoms with E-state index in [-0.39, 0.29) is 17.7 Å². The monoisotopic (exact) mass is 409 g/mol. The lowest BCUT2D eigenvalue weighted by Gasteiger charge is -2.26. The van der Waals surface area contributed by atoms with Crippen LogP contribution in [0.3, 0.4) is 0 Å². The second-order valence-corrected chi connectivity index (χ2v) is 8.08. The van der Waals surface area contributed by atoms with Gasteiger partial charge in [-0.25, -0.2) is 0 Å². The molecule has 4 rings (SSSR count). The van der Waals surface area contributed by atoms with Crippen molar-refractivity contribution in [2.45, 2.75) is 39.7 Å². The van der Waals surface area contributed by atoms with Gasteiger partial charge in [0.15, 0.2) is 0 Å². The van der Waals surface area contributed by atoms with Crippen molar-refractivity contribution >= 4 is 17.5 Å². The standard InChI is InChI=1S/C23H24ClN3O2/c1-4-5-9-27-21(15-7-6-8-16(24)12-15)18-19(25-26-20(18)23(27)29)17-11-13(2)10-14(3)22(17)28/h6-8,10-12,21,28H,4-5,9H2,1-3H3,(H,25,26). The van der Waals surface area contributed by atoms with Gasteiger partial charge in [-0.05, 0) is 55.2 Å². The lowest BCUT2D eigenvalue weighted by molar-refractivity contribution is 0.0741. The number of H-pyrrole nitrogens is 1. The first-order valence-corrected chi connectivity index (χ1v) is 10.3. The van der Waals surface area contributed by atoms with Crippen molar-refractivity contribution < 1.29 is 9.90 Å². The Morgan fingerprint density at radius 2 is 2.03 bits per heavy atom. The molecule has 2 heterocycles. The van der Waals surface area contributed by atoms with E-state index in [1.807, 2.05) is 55.1 Å². The summed E-state index contributed by atoms with van der Waals surface area (Å²) in [5.41, 5.74) is 5.28. The zero-order valence-corrected chi connectivity index (χ0v) is 17.5. The number of hydrogen-bond donors (Lipinski definition) is 2. The Morgan fingerprint density at radius 1 is 1.24 bits per heavy atom. The van der Waals surface area contributed by atoms with Crippen LogP contribution in [-0.2, 0) is 0 Å². The third-order valence-electron chi connectivity index (χ3n) is 5.48. The zero-order valence-electron chi connectivity index (χ0n) is 16.8. The van der Waals surface area contributed by atoms with Crippen molar-refractivity contribution in [3.63, 3.8) is 0 Å². The molecule has 1 aliphatic heterocycles. The minimum atomic E-state index is -0.295. The molecule has 0 fully saturated rings. The van der Waals surface area contributed by atoms with Crippen LogP contribution in [0.1, 0.15) is 58.5 Å². The van der Waals surface area contributed by atoms with Gasteiger partial charge in [0.05, 0.1) is 6.04 Å². The maximum atomic E-state index is 13.2. The highest BCUT2D eigenvalue weighted by atomic mass is 35.5. The Hall–Kier alpha value is -2.79. The topological polar surface area (TPSA) is 69.2 Å². The summed E-state index contributed by atoms with van der Waals surface area (Å²) in [4.78, 5) is 15.1. The SMILES string of the molecule is CCCCN1C(=O)c2[nH]nc(-c3cc(C)cc(C)c3O)c2C1c1cccc(Cl)c1. The van der Waals surface area contributed by atoms with E-state index in [0.29, 0.717) is 28.5 Å². The molecule has 0 saturated carbocycles. The number of phenols is 1. The van der Waals surface area contributed by atoms with Gasteiger partial charge in [-0.15, -0.1) is 0 Å². The number of aromatic amines is 1. The van der Waals surface area contributed by atoms with Gasteiger partial charge >= 0.3 is 0 Å². The summed E-state index contributed by atoms with van der Waals surface area (Å²) >= 11 is 6.27. The van der Waals surface area contributed by atoms with Gasteiger partial charge in [0.1, 0.15) is 17.1 Å². The molecule has 1 amide bonds. The maximum Gasteiger partial charge on any atom is 0.273 e. The van der Waals surface area contributed by atoms with Gasteiger partial charge in [-0.2, -0.15) is 5.10 Å². The number of amides is 1. The minimum Gasteiger partial charge on any atom is -0.507 e. The van der Waals surface area contributed by atoms with E-state index in [4.69, 9.17) is 11.6 Å². The molecule has 0 bridgehead atoms. The highest BCUT2D eigenvalue weighted by Crippen LogP contribution is 2.45. The Labute approximate surface area is 175 Å². The number of aromatic nitrogens is 2. The molecule has 0 spiro atoms. The number of carbonyl (C=O) groups is 1. The first-order chi connectivity index (χ1) is 13.9. The van der Waals surface area contributed by atoms with Crippen molar-refractivity contribution in [3.8, 4) is 17.0 Å². The van der Waals surface area contributed by atoms with E-state index in [2.05, 4.69) is 17.1 Å². The van der Waals surface area contributed by atoms with E-state index < -0.39 is 0 Å². The Kier molecular flexibility index (Phi) is 5.09. The molecule has 1 unspecified atom stereocenters. The molecule has 5 nitrogen and oxygen atoms in total. The molecule has 0 radical (unpaired) electrons. The average Bonchev–Trinajstić information content (AvgIpc) is 3.22. The van der Waals surface area contributed by atoms with Crippen LogP contribution >= 0.6 is 11.6 Å². The van der Waals surface area contributed by atoms with Crippen LogP contribution in [0.5, 0.6) is 5.75 Å². The van der Waals surface area contributed by atoms with Crippen molar-refractivity contribution in [2.75, 3.05) is 6.54 Å². The number of nitrogens with one attached hydrogen (secondary N) is 1. The zero-order chi connectivity index (χ0) is 20.7. The van der Waals surface area contributed by atoms with Gasteiger partial charge in [-0.1, -0.05) is 43.1 Å². The Morgan fingerprint density at radius 3 is 2.76 bits per heavy atom. The van der Waals surface area contributed by atoms with Crippen LogP contribution in [-0.4, -0.2) is 32.7 Å². The lowest BCUT2D eigenvalue weighted by atomic mass is 9.94. The largest absolute Gasteiger partial charge is 0.507 e. The third kappa shape index (κ3) is 3.29. The average molecular weight is 410 g/mol. The third-order valence-corrected chi connectivity index (χ3v) is 5.72. The molecule has 2 aromatic carbocycles. The van der Waals surface area contributed by atoms with Crippen LogP contribution in [0.15, 0.2) is 36.4 Å². The van der Waals surface area contributed by atoms with Crippen molar-refractivity contribution in [1.82, 2.24) is 15.1 Å². The number of rotatable bonds is 5. The van der Waals surface area contributed by atoms with E-state index in [0.717, 1.165) is 35.1 Å². The number of aromatic hydroxyl groups is 1. The highest BCUT2D eigenvalue weighted by molar-refractivity contribution is 6.30. The van der Waals surface area contributed by atoms with Gasteiger partial charge in [-0.3, -0.25) is 9.89 Å². The van der Waals surface area contributed by atoms with Crippen LogP contribution < -0.4 is 0 Å². The van der Waals surface area contributed by atoms with E-state index in [9.17, 15) is 9.90 Å². The molecule has 2 N–H and O–H groups in total. The molecule has 3 aromatic rings. The van der Waals surface area contributed by atoms with Crippen LogP contribution in [0.25, 0.3) is 11.3 Å². The highest BCUT2D eigenvalue weighted by Gasteiger charge is 2.42. The molecule has 6 heteroatoms. The lowest BCUT2D eigenvalue weighted by Crippen LogP contribution is -2.30. The van der Waals surface area contributed by atoms with E-state index in [1.54, 1.807) is 0 Å². The molecule has 29 heavy (non-hydrogen) atoms. The predicted molar refractivity (Wildman–Crippen MR) is 114 cm³/mol. The summed E-state index contributed by atoms with van der Waals surface area (Å²) in [6.07, 6.45) is 1.90. The van der Waals surface area contributed by atoms with E-state index in [1.165, 1.54) is 0 Å². The summed E-state index contributed by atoms with van der Waals surface area (Å²) < 4.78 is 0. The normalized spacial score (nSPS) is 15.8. The Bertz CT molecular complexity index is 1090. The quantitative estimate of drug-likeness (QED) is 0.592. The van der Waals surface area contributed by atoms with Crippen molar-refractivity contribution in [2.24, 2.45) is 0 Å². The van der Waals surface area contributed by atoms with Crippen molar-refractivity contribution in [3.05, 3.63) is 69.4 Å². The first-order valence-electron chi connectivity index (χ1n) is 9.87. The molecule has 150 valence electrons. The summed E-state index contributed by atoms with van der Waals surface area (Å²) in [7, 11) is 0. The Balaban J connectivity index is 1.92. The number of aryl methyl sites for hydroxylation is 2. The molecular weight excluding hydrogens is 386 g/mol. The second-order valence-electron chi connectivity index (χ2n) is 7.65. The number of nitrogens with zero attached hydrogens (tertiary/aromatic N) is 2. The van der Waals surface area contributed by atoms with Gasteiger partial charge in [0.25, 0.3) is 5.91 Å². The molecule has 0 aliphatic carbocycles. The number of fused-ring (bicyclic) bond motifs is 1. The second kappa shape index (κ2) is 7.56. The fourth-order valence-corrected chi connectivity index (χ4v) is 4.32. The molecule has 1 aliphatic rings. The smallest absolute Gasteiger partial charge is 0.273 e. The number of unbranched alkanes of at least 4 members (excludes halogenated alkanes) is 1. The van der Waals surface area contributed by atoms with Crippen LogP contribution in [0.2, 0.25) is 5.02 Å². The number of hydrogen-bond acceptors (Lipinski definition) is 3. The minimum absolute atomic E-state index is 0.0685. The summed E-state index contributed by atoms with van der Waals surface area (Å²) in [6, 6.07) is 11.1. The molecule has 1 atom stereocenters. The van der Waals surface area contributed by atoms with Crippen LogP contribution in [0.4, 0.5) is 0 Å². The maximum absolute atomic E-state index is 13.2. The van der Waals surface area contributed by atoms with Crippen LogP contribution in [0, 0.1) is 13.8 Å². The van der Waals surface area contributed by atoms with Gasteiger partial charge in [0.2, 0.25) is 0 Å². The molecule has 1 aromatic heterocycles. The summed E-state index contributed by atoms with van der Waals surface area (Å²) in [5.74, 6) is 0.121. The predicted octanol–water partition coefficient (Wildman–Crippen LogP) is 5.40. The fourth-order valence-electron chi connectivity index (χ4n) is 4.12. The van der Waals surface area contributed by atoms with E-state index >= 15 is 0 Å². The van der Waals surface area contributed by atoms with Gasteiger partial charge in [0, 0.05) is 22.7 Å². The molecule has 0 saturated heterocycles. The fraction of sp³-hybridized carbons (Fsp3) is 0.304. The molecular formula is C23H24ClN3O2. The van der Waals surface area contributed by atoms with Gasteiger partial charge < -0.3 is 10.0 Å². The number of carbonyl (C=O) groups excluding carboxylic acids is 1.